The van der Waals surface area contributed by atoms with Crippen LogP contribution in [0.1, 0.15) is 13.3 Å². The summed E-state index contributed by atoms with van der Waals surface area (Å²) in [7, 11) is 3.45. The third kappa shape index (κ3) is 8.14. The Morgan fingerprint density at radius 2 is 1.88 bits per heavy atom. The molecule has 0 aliphatic carbocycles. The van der Waals surface area contributed by atoms with Crippen LogP contribution in [0.25, 0.3) is 22.2 Å². The maximum absolute atomic E-state index is 13.1. The molecule has 4 rings (SSSR count). The highest BCUT2D eigenvalue weighted by Crippen LogP contribution is 2.37. The fourth-order valence-corrected chi connectivity index (χ4v) is 5.54. The first-order chi connectivity index (χ1) is 20.3. The van der Waals surface area contributed by atoms with Gasteiger partial charge >= 0.3 is 0 Å². The lowest BCUT2D eigenvalue weighted by molar-refractivity contribution is -0.124. The fourth-order valence-electron chi connectivity index (χ4n) is 4.51. The zero-order chi connectivity index (χ0) is 31.4. The normalized spacial score (nSPS) is 13.1. The van der Waals surface area contributed by atoms with Crippen LogP contribution in [0.15, 0.2) is 54.9 Å². The van der Waals surface area contributed by atoms with Crippen molar-refractivity contribution in [3.05, 3.63) is 54.9 Å². The lowest BCUT2D eigenvalue weighted by Gasteiger charge is -2.23. The van der Waals surface area contributed by atoms with Crippen LogP contribution in [0.5, 0.6) is 5.75 Å². The Balaban J connectivity index is 1.68. The molecule has 0 saturated carbocycles. The van der Waals surface area contributed by atoms with Crippen molar-refractivity contribution in [2.24, 2.45) is 7.05 Å². The van der Waals surface area contributed by atoms with Crippen LogP contribution in [0.2, 0.25) is 0 Å². The van der Waals surface area contributed by atoms with E-state index in [4.69, 9.17) is 25.5 Å². The minimum Gasteiger partial charge on any atom is -0.494 e. The number of aromatic nitrogens is 3. The predicted molar refractivity (Wildman–Crippen MR) is 171 cm³/mol. The first-order valence-corrected chi connectivity index (χ1v) is 15.6. The number of rotatable bonds is 13. The number of benzene rings is 2. The number of carbonyl (C=O) groups is 1. The van der Waals surface area contributed by atoms with Gasteiger partial charge in [0.1, 0.15) is 5.75 Å². The molecule has 14 heteroatoms. The highest BCUT2D eigenvalue weighted by atomic mass is 35.5. The number of halogens is 1. The standard InChI is InChI=1S/C29H36ClN7O5S/c1-29(30,42-43(6,39)40)27(38)33-23-16-24(26(41-5)17-22(23)31-13-9-15-36(2)3)35-28-32-14-12-21(34-28)20-18-37(4)25-11-8-7-10-19(20)25/h7-8,10-12,14,16-18,31H,9,13,15H2,1-6H3,(H,33,38)(H,32,34,35)/t29-/m0/s1. The molecular weight excluding hydrogens is 594 g/mol. The number of fused-ring (bicyclic) bond motifs is 1. The second-order valence-electron chi connectivity index (χ2n) is 10.4. The van der Waals surface area contributed by atoms with E-state index in [0.717, 1.165) is 48.3 Å². The van der Waals surface area contributed by atoms with Gasteiger partial charge in [0, 0.05) is 48.5 Å². The van der Waals surface area contributed by atoms with E-state index in [1.54, 1.807) is 18.3 Å². The minimum atomic E-state index is -4.02. The van der Waals surface area contributed by atoms with E-state index < -0.39 is 21.1 Å². The topological polar surface area (TPSA) is 140 Å². The molecule has 0 saturated heterocycles. The Morgan fingerprint density at radius 3 is 2.58 bits per heavy atom. The summed E-state index contributed by atoms with van der Waals surface area (Å²) in [6, 6.07) is 13.2. The van der Waals surface area contributed by atoms with Gasteiger partial charge in [-0.2, -0.15) is 8.42 Å². The average Bonchev–Trinajstić information content (AvgIpc) is 3.27. The summed E-state index contributed by atoms with van der Waals surface area (Å²) >= 11 is 6.18. The number of nitrogens with zero attached hydrogens (tertiary/aromatic N) is 4. The maximum atomic E-state index is 13.1. The number of para-hydroxylation sites is 1. The van der Waals surface area contributed by atoms with Gasteiger partial charge in [-0.15, -0.1) is 0 Å². The van der Waals surface area contributed by atoms with Crippen molar-refractivity contribution >= 4 is 61.5 Å². The summed E-state index contributed by atoms with van der Waals surface area (Å²) in [5, 5.41) is 8.06. The van der Waals surface area contributed by atoms with Crippen molar-refractivity contribution in [2.75, 3.05) is 56.5 Å². The molecule has 0 aliphatic heterocycles. The van der Waals surface area contributed by atoms with E-state index in [1.165, 1.54) is 7.11 Å². The predicted octanol–water partition coefficient (Wildman–Crippen LogP) is 4.62. The van der Waals surface area contributed by atoms with Crippen molar-refractivity contribution in [1.29, 1.82) is 0 Å². The number of nitrogens with one attached hydrogen (secondary N) is 3. The summed E-state index contributed by atoms with van der Waals surface area (Å²) in [6.07, 6.45) is 5.32. The number of aryl methyl sites for hydroxylation is 1. The molecule has 0 fully saturated rings. The van der Waals surface area contributed by atoms with Gasteiger partial charge in [-0.3, -0.25) is 4.79 Å². The molecule has 230 valence electrons. The molecule has 2 aromatic heterocycles. The number of carbonyl (C=O) groups excluding carboxylic acids is 1. The zero-order valence-electron chi connectivity index (χ0n) is 24.9. The number of hydrogen-bond donors (Lipinski definition) is 3. The van der Waals surface area contributed by atoms with Crippen molar-refractivity contribution < 1.29 is 22.1 Å². The van der Waals surface area contributed by atoms with Gasteiger partial charge in [-0.1, -0.05) is 29.8 Å². The Bertz CT molecular complexity index is 1720. The average molecular weight is 630 g/mol. The third-order valence-electron chi connectivity index (χ3n) is 6.47. The number of amides is 1. The van der Waals surface area contributed by atoms with Gasteiger partial charge in [0.15, 0.2) is 0 Å². The van der Waals surface area contributed by atoms with E-state index >= 15 is 0 Å². The first-order valence-electron chi connectivity index (χ1n) is 13.4. The largest absolute Gasteiger partial charge is 0.494 e. The summed E-state index contributed by atoms with van der Waals surface area (Å²) in [6.45, 7) is 2.59. The van der Waals surface area contributed by atoms with Crippen LogP contribution in [-0.2, 0) is 26.1 Å². The zero-order valence-corrected chi connectivity index (χ0v) is 26.5. The van der Waals surface area contributed by atoms with E-state index in [1.807, 2.05) is 62.2 Å². The van der Waals surface area contributed by atoms with Crippen molar-refractivity contribution in [1.82, 2.24) is 19.4 Å². The van der Waals surface area contributed by atoms with Crippen LogP contribution in [-0.4, -0.2) is 79.4 Å². The van der Waals surface area contributed by atoms with E-state index in [2.05, 4.69) is 25.8 Å². The lowest BCUT2D eigenvalue weighted by atomic mass is 10.1. The highest BCUT2D eigenvalue weighted by molar-refractivity contribution is 7.86. The van der Waals surface area contributed by atoms with Crippen molar-refractivity contribution in [2.45, 2.75) is 18.4 Å². The van der Waals surface area contributed by atoms with Crippen LogP contribution < -0.4 is 20.7 Å². The number of methoxy groups -OCH3 is 1. The quantitative estimate of drug-likeness (QED) is 0.109. The molecule has 4 aromatic rings. The summed E-state index contributed by atoms with van der Waals surface area (Å²) in [4.78, 5) is 24.3. The lowest BCUT2D eigenvalue weighted by Crippen LogP contribution is -2.39. The smallest absolute Gasteiger partial charge is 0.273 e. The number of hydrogen-bond acceptors (Lipinski definition) is 10. The first kappa shape index (κ1) is 32.0. The molecule has 0 spiro atoms. The minimum absolute atomic E-state index is 0.301. The van der Waals surface area contributed by atoms with E-state index in [9.17, 15) is 13.2 Å². The molecule has 0 unspecified atom stereocenters. The Kier molecular flexibility index (Phi) is 9.80. The van der Waals surface area contributed by atoms with Crippen LogP contribution in [0.3, 0.4) is 0 Å². The molecule has 1 atom stereocenters. The Morgan fingerprint density at radius 1 is 1.14 bits per heavy atom. The van der Waals surface area contributed by atoms with Gasteiger partial charge < -0.3 is 30.2 Å². The molecule has 1 amide bonds. The molecule has 3 N–H and O–H groups in total. The molecule has 0 radical (unpaired) electrons. The summed E-state index contributed by atoms with van der Waals surface area (Å²) in [5.74, 6) is -0.121. The monoisotopic (exact) mass is 629 g/mol. The van der Waals surface area contributed by atoms with Gasteiger partial charge in [-0.05, 0) is 52.2 Å². The van der Waals surface area contributed by atoms with Crippen LogP contribution in [0.4, 0.5) is 23.0 Å². The van der Waals surface area contributed by atoms with Crippen molar-refractivity contribution in [3.8, 4) is 17.0 Å². The second-order valence-corrected chi connectivity index (χ2v) is 12.7. The Labute approximate surface area is 256 Å². The maximum Gasteiger partial charge on any atom is 0.273 e. The van der Waals surface area contributed by atoms with E-state index in [-0.39, 0.29) is 0 Å². The number of anilines is 4. The highest BCUT2D eigenvalue weighted by Gasteiger charge is 2.36. The molecule has 43 heavy (non-hydrogen) atoms. The molecule has 2 aromatic carbocycles. The fraction of sp³-hybridized carbons (Fsp3) is 0.345. The van der Waals surface area contributed by atoms with Gasteiger partial charge in [0.25, 0.3) is 16.0 Å². The number of ether oxygens (including phenoxy) is 1. The van der Waals surface area contributed by atoms with Gasteiger partial charge in [-0.25, -0.2) is 14.2 Å². The third-order valence-corrected chi connectivity index (χ3v) is 7.45. The molecular formula is C29H36ClN7O5S. The molecule has 12 nitrogen and oxygen atoms in total. The van der Waals surface area contributed by atoms with Gasteiger partial charge in [0.2, 0.25) is 11.0 Å². The number of alkyl halides is 1. The van der Waals surface area contributed by atoms with E-state index in [0.29, 0.717) is 35.3 Å². The Hall–Kier alpha value is -3.91. The molecule has 0 bridgehead atoms. The summed E-state index contributed by atoms with van der Waals surface area (Å²) < 4.78 is 35.9. The van der Waals surface area contributed by atoms with Crippen molar-refractivity contribution in [3.63, 3.8) is 0 Å². The van der Waals surface area contributed by atoms with Gasteiger partial charge in [0.05, 0.1) is 36.1 Å². The van der Waals surface area contributed by atoms with Crippen LogP contribution in [0, 0.1) is 0 Å². The second kappa shape index (κ2) is 13.2. The SMILES string of the molecule is COc1cc(NCCCN(C)C)c(NC(=O)[C@@](C)(Cl)OS(C)(=O)=O)cc1Nc1nccc(-c2cn(C)c3ccccc23)n1. The summed E-state index contributed by atoms with van der Waals surface area (Å²) in [5.41, 5.74) is 4.04. The van der Waals surface area contributed by atoms with Crippen LogP contribution >= 0.6 is 11.6 Å². The molecule has 2 heterocycles. The molecule has 0 aliphatic rings.